The van der Waals surface area contributed by atoms with Crippen LogP contribution in [0.25, 0.3) is 0 Å². The molecule has 0 radical (unpaired) electrons. The molecule has 0 saturated carbocycles. The van der Waals surface area contributed by atoms with Crippen molar-refractivity contribution in [1.29, 1.82) is 0 Å². The maximum absolute atomic E-state index is 13.8. The van der Waals surface area contributed by atoms with E-state index in [1.165, 1.54) is 28.4 Å². The maximum Gasteiger partial charge on any atom is 0.277 e. The van der Waals surface area contributed by atoms with Crippen molar-refractivity contribution in [3.05, 3.63) is 45.6 Å². The summed E-state index contributed by atoms with van der Waals surface area (Å²) in [7, 11) is 0. The number of benzene rings is 1. The molecule has 0 aliphatic rings. The van der Waals surface area contributed by atoms with Crippen molar-refractivity contribution in [3.63, 3.8) is 0 Å². The minimum Gasteiger partial charge on any atom is -0.304 e. The highest BCUT2D eigenvalue weighted by molar-refractivity contribution is 7.07. The molecule has 1 aromatic carbocycles. The number of carbonyl (C=O) groups is 1. The fourth-order valence-corrected chi connectivity index (χ4v) is 2.26. The number of anilines is 1. The van der Waals surface area contributed by atoms with Gasteiger partial charge in [0.1, 0.15) is 11.5 Å². The van der Waals surface area contributed by atoms with Crippen LogP contribution in [-0.4, -0.2) is 17.4 Å². The van der Waals surface area contributed by atoms with Crippen LogP contribution >= 0.6 is 22.9 Å². The quantitative estimate of drug-likeness (QED) is 0.863. The molecule has 0 N–H and O–H groups in total. The number of hydrogen-bond donors (Lipinski definition) is 0. The minimum absolute atomic E-state index is 0.208. The predicted molar refractivity (Wildman–Crippen MR) is 70.9 cm³/mol. The fraction of sp³-hybridized carbons (Fsp3) is 0.167. The fourth-order valence-electron chi connectivity index (χ4n) is 1.58. The number of carbonyl (C=O) groups excluding carboxylic acids is 1. The summed E-state index contributed by atoms with van der Waals surface area (Å²) in [4.78, 5) is 17.4. The molecule has 1 aromatic heterocycles. The van der Waals surface area contributed by atoms with Gasteiger partial charge in [0.2, 0.25) is 0 Å². The van der Waals surface area contributed by atoms with Gasteiger partial charge in [-0.05, 0) is 25.1 Å². The van der Waals surface area contributed by atoms with E-state index >= 15 is 0 Å². The number of rotatable bonds is 3. The van der Waals surface area contributed by atoms with Crippen LogP contribution in [0.5, 0.6) is 0 Å². The first-order chi connectivity index (χ1) is 8.63. The smallest absolute Gasteiger partial charge is 0.277 e. The lowest BCUT2D eigenvalue weighted by Crippen LogP contribution is -2.31. The van der Waals surface area contributed by atoms with E-state index in [1.54, 1.807) is 23.9 Å². The van der Waals surface area contributed by atoms with E-state index in [9.17, 15) is 9.18 Å². The second kappa shape index (κ2) is 5.46. The normalized spacial score (nSPS) is 10.4. The Hall–Kier alpha value is -1.46. The minimum atomic E-state index is -0.520. The summed E-state index contributed by atoms with van der Waals surface area (Å²) in [5.74, 6) is -0.840. The Bertz CT molecular complexity index is 559. The summed E-state index contributed by atoms with van der Waals surface area (Å²) in [5, 5.41) is 1.94. The van der Waals surface area contributed by atoms with Crippen LogP contribution in [0.1, 0.15) is 17.4 Å². The standard InChI is InChI=1S/C12H10ClFN2OS/c1-2-16(12(17)10-6-18-7-15-10)11-4-3-8(13)5-9(11)14/h3-7H,2H2,1H3. The molecule has 2 rings (SSSR count). The molecule has 0 spiro atoms. The molecule has 18 heavy (non-hydrogen) atoms. The lowest BCUT2D eigenvalue weighted by Gasteiger charge is -2.20. The molecule has 6 heteroatoms. The van der Waals surface area contributed by atoms with Crippen molar-refractivity contribution in [2.24, 2.45) is 0 Å². The monoisotopic (exact) mass is 284 g/mol. The molecule has 1 amide bonds. The average molecular weight is 285 g/mol. The highest BCUT2D eigenvalue weighted by Crippen LogP contribution is 2.24. The van der Waals surface area contributed by atoms with Crippen LogP contribution in [0.2, 0.25) is 5.02 Å². The van der Waals surface area contributed by atoms with Crippen molar-refractivity contribution < 1.29 is 9.18 Å². The van der Waals surface area contributed by atoms with E-state index in [2.05, 4.69) is 4.98 Å². The third kappa shape index (κ3) is 2.52. The number of halogens is 2. The van der Waals surface area contributed by atoms with Gasteiger partial charge in [-0.2, -0.15) is 0 Å². The van der Waals surface area contributed by atoms with Gasteiger partial charge in [0.25, 0.3) is 5.91 Å². The van der Waals surface area contributed by atoms with E-state index in [1.807, 2.05) is 0 Å². The van der Waals surface area contributed by atoms with Gasteiger partial charge in [-0.15, -0.1) is 11.3 Å². The Kier molecular flexibility index (Phi) is 3.93. The van der Waals surface area contributed by atoms with Gasteiger partial charge in [0.15, 0.2) is 0 Å². The zero-order chi connectivity index (χ0) is 13.1. The van der Waals surface area contributed by atoms with Crippen molar-refractivity contribution in [1.82, 2.24) is 4.98 Å². The highest BCUT2D eigenvalue weighted by Gasteiger charge is 2.20. The molecule has 0 aliphatic carbocycles. The van der Waals surface area contributed by atoms with Gasteiger partial charge in [0, 0.05) is 16.9 Å². The highest BCUT2D eigenvalue weighted by atomic mass is 35.5. The van der Waals surface area contributed by atoms with Crippen molar-refractivity contribution in [3.8, 4) is 0 Å². The molecule has 0 fully saturated rings. The number of amides is 1. The lowest BCUT2D eigenvalue weighted by atomic mass is 10.2. The number of thiazole rings is 1. The second-order valence-electron chi connectivity index (χ2n) is 3.52. The van der Waals surface area contributed by atoms with Gasteiger partial charge in [-0.3, -0.25) is 4.79 Å². The molecule has 2 aromatic rings. The van der Waals surface area contributed by atoms with E-state index < -0.39 is 5.82 Å². The van der Waals surface area contributed by atoms with Gasteiger partial charge in [-0.25, -0.2) is 9.37 Å². The summed E-state index contributed by atoms with van der Waals surface area (Å²) in [6.07, 6.45) is 0. The average Bonchev–Trinajstić information content (AvgIpc) is 2.86. The summed E-state index contributed by atoms with van der Waals surface area (Å²) < 4.78 is 13.8. The van der Waals surface area contributed by atoms with Crippen LogP contribution in [0.15, 0.2) is 29.1 Å². The van der Waals surface area contributed by atoms with Gasteiger partial charge in [0.05, 0.1) is 11.2 Å². The summed E-state index contributed by atoms with van der Waals surface area (Å²) in [6, 6.07) is 4.23. The third-order valence-electron chi connectivity index (χ3n) is 2.41. The zero-order valence-corrected chi connectivity index (χ0v) is 11.1. The molecule has 0 atom stereocenters. The van der Waals surface area contributed by atoms with Crippen LogP contribution in [-0.2, 0) is 0 Å². The molecule has 3 nitrogen and oxygen atoms in total. The maximum atomic E-state index is 13.8. The first-order valence-electron chi connectivity index (χ1n) is 5.28. The molecule has 0 aliphatic heterocycles. The van der Waals surface area contributed by atoms with Crippen LogP contribution in [0, 0.1) is 5.82 Å². The molecule has 94 valence electrons. The van der Waals surface area contributed by atoms with E-state index in [4.69, 9.17) is 11.6 Å². The molecule has 0 saturated heterocycles. The molecular weight excluding hydrogens is 275 g/mol. The molecular formula is C12H10ClFN2OS. The van der Waals surface area contributed by atoms with E-state index in [0.29, 0.717) is 17.3 Å². The SMILES string of the molecule is CCN(C(=O)c1cscn1)c1ccc(Cl)cc1F. The van der Waals surface area contributed by atoms with Gasteiger partial charge in [-0.1, -0.05) is 11.6 Å². The van der Waals surface area contributed by atoms with Crippen LogP contribution in [0.3, 0.4) is 0 Å². The van der Waals surface area contributed by atoms with Crippen LogP contribution < -0.4 is 4.90 Å². The van der Waals surface area contributed by atoms with Crippen molar-refractivity contribution in [2.75, 3.05) is 11.4 Å². The number of hydrogen-bond acceptors (Lipinski definition) is 3. The van der Waals surface area contributed by atoms with Crippen molar-refractivity contribution >= 4 is 34.5 Å². The lowest BCUT2D eigenvalue weighted by molar-refractivity contribution is 0.0983. The molecule has 0 unspecified atom stereocenters. The summed E-state index contributed by atoms with van der Waals surface area (Å²) in [6.45, 7) is 2.13. The first-order valence-corrected chi connectivity index (χ1v) is 6.60. The molecule has 1 heterocycles. The van der Waals surface area contributed by atoms with E-state index in [0.717, 1.165) is 0 Å². The third-order valence-corrected chi connectivity index (χ3v) is 3.23. The summed E-state index contributed by atoms with van der Waals surface area (Å²) in [5.41, 5.74) is 2.09. The largest absolute Gasteiger partial charge is 0.304 e. The number of aromatic nitrogens is 1. The van der Waals surface area contributed by atoms with Crippen LogP contribution in [0.4, 0.5) is 10.1 Å². The Labute approximate surface area is 113 Å². The predicted octanol–water partition coefficient (Wildman–Crippen LogP) is 3.60. The topological polar surface area (TPSA) is 33.2 Å². The Morgan fingerprint density at radius 3 is 2.89 bits per heavy atom. The Balaban J connectivity index is 2.36. The first kappa shape index (κ1) is 13.0. The van der Waals surface area contributed by atoms with Gasteiger partial charge < -0.3 is 4.90 Å². The second-order valence-corrected chi connectivity index (χ2v) is 4.67. The van der Waals surface area contributed by atoms with E-state index in [-0.39, 0.29) is 11.6 Å². The Morgan fingerprint density at radius 1 is 1.56 bits per heavy atom. The van der Waals surface area contributed by atoms with Crippen molar-refractivity contribution in [2.45, 2.75) is 6.92 Å². The zero-order valence-electron chi connectivity index (χ0n) is 9.56. The Morgan fingerprint density at radius 2 is 2.33 bits per heavy atom. The number of nitrogens with zero attached hydrogens (tertiary/aromatic N) is 2. The molecule has 0 bridgehead atoms. The summed E-state index contributed by atoms with van der Waals surface area (Å²) >= 11 is 7.01. The van der Waals surface area contributed by atoms with Gasteiger partial charge >= 0.3 is 0 Å².